The zero-order chi connectivity index (χ0) is 18.2. The van der Waals surface area contributed by atoms with Gasteiger partial charge in [-0.1, -0.05) is 0 Å². The van der Waals surface area contributed by atoms with E-state index in [0.717, 1.165) is 0 Å². The van der Waals surface area contributed by atoms with Gasteiger partial charge in [-0.15, -0.1) is 0 Å². The molecule has 0 aliphatic heterocycles. The summed E-state index contributed by atoms with van der Waals surface area (Å²) in [5.74, 6) is 0.0839. The van der Waals surface area contributed by atoms with Crippen molar-refractivity contribution >= 4 is 23.5 Å². The number of hydrogen-bond donors (Lipinski definition) is 4. The van der Waals surface area contributed by atoms with E-state index in [9.17, 15) is 14.4 Å². The molecule has 8 heteroatoms. The molecule has 1 heterocycles. The average Bonchev–Trinajstić information content (AvgIpc) is 3.13. The van der Waals surface area contributed by atoms with Crippen molar-refractivity contribution in [2.24, 2.45) is 0 Å². The Morgan fingerprint density at radius 3 is 2.44 bits per heavy atom. The first-order valence-corrected chi connectivity index (χ1v) is 7.69. The number of benzene rings is 1. The highest BCUT2D eigenvalue weighted by Crippen LogP contribution is 2.09. The molecule has 1 aromatic carbocycles. The number of carbonyl (C=O) groups excluding carboxylic acids is 3. The monoisotopic (exact) mass is 344 g/mol. The quantitative estimate of drug-likeness (QED) is 0.635. The van der Waals surface area contributed by atoms with Crippen LogP contribution in [0.3, 0.4) is 0 Å². The van der Waals surface area contributed by atoms with Crippen LogP contribution in [0.25, 0.3) is 0 Å². The molecule has 2 aromatic rings. The molecule has 1 atom stereocenters. The number of hydrogen-bond acceptors (Lipinski definition) is 4. The van der Waals surface area contributed by atoms with E-state index < -0.39 is 12.1 Å². The van der Waals surface area contributed by atoms with E-state index >= 15 is 0 Å². The van der Waals surface area contributed by atoms with Gasteiger partial charge in [-0.2, -0.15) is 0 Å². The summed E-state index contributed by atoms with van der Waals surface area (Å²) in [5, 5.41) is 10.3. The number of carbonyl (C=O) groups is 3. The normalized spacial score (nSPS) is 11.3. The van der Waals surface area contributed by atoms with Crippen LogP contribution in [-0.4, -0.2) is 30.9 Å². The summed E-state index contributed by atoms with van der Waals surface area (Å²) in [6.45, 7) is 1.83. The second-order valence-electron chi connectivity index (χ2n) is 5.27. The number of rotatable bonds is 6. The number of amides is 4. The highest BCUT2D eigenvalue weighted by molar-refractivity contribution is 5.96. The molecule has 4 N–H and O–H groups in total. The van der Waals surface area contributed by atoms with Crippen LogP contribution in [0.15, 0.2) is 47.1 Å². The van der Waals surface area contributed by atoms with Crippen LogP contribution in [0.2, 0.25) is 0 Å². The van der Waals surface area contributed by atoms with E-state index in [0.29, 0.717) is 17.0 Å². The predicted molar refractivity (Wildman–Crippen MR) is 92.0 cm³/mol. The molecule has 0 radical (unpaired) electrons. The van der Waals surface area contributed by atoms with Gasteiger partial charge in [0.15, 0.2) is 0 Å². The number of nitrogens with one attached hydrogen (secondary N) is 4. The minimum absolute atomic E-state index is 0.210. The molecule has 25 heavy (non-hydrogen) atoms. The van der Waals surface area contributed by atoms with Crippen LogP contribution in [-0.2, 0) is 11.3 Å². The molecule has 2 rings (SSSR count). The Labute approximate surface area is 145 Å². The van der Waals surface area contributed by atoms with E-state index in [2.05, 4.69) is 21.3 Å². The fourth-order valence-corrected chi connectivity index (χ4v) is 2.02. The second kappa shape index (κ2) is 8.53. The summed E-state index contributed by atoms with van der Waals surface area (Å²) in [4.78, 5) is 35.3. The van der Waals surface area contributed by atoms with Crippen LogP contribution in [0.4, 0.5) is 10.5 Å². The predicted octanol–water partition coefficient (Wildman–Crippen LogP) is 1.47. The van der Waals surface area contributed by atoms with Gasteiger partial charge < -0.3 is 25.7 Å². The standard InChI is InChI=1S/C17H20N4O4/c1-11(15(22)19-10-14-4-3-9-25-14)20-17(24)21-13-7-5-12(6-8-13)16(23)18-2/h3-9,11H,10H2,1-2H3,(H,18,23)(H,19,22)(H2,20,21,24). The molecular formula is C17H20N4O4. The summed E-state index contributed by atoms with van der Waals surface area (Å²) < 4.78 is 5.12. The molecule has 0 fully saturated rings. The fourth-order valence-electron chi connectivity index (χ4n) is 2.02. The summed E-state index contributed by atoms with van der Waals surface area (Å²) in [7, 11) is 1.54. The minimum atomic E-state index is -0.722. The Hall–Kier alpha value is -3.29. The van der Waals surface area contributed by atoms with Crippen molar-refractivity contribution in [3.8, 4) is 0 Å². The number of furan rings is 1. The van der Waals surface area contributed by atoms with Gasteiger partial charge in [0.1, 0.15) is 11.8 Å². The molecule has 0 saturated heterocycles. The maximum Gasteiger partial charge on any atom is 0.319 e. The van der Waals surface area contributed by atoms with E-state index in [1.807, 2.05) is 0 Å². The van der Waals surface area contributed by atoms with Gasteiger partial charge in [0.2, 0.25) is 5.91 Å². The van der Waals surface area contributed by atoms with E-state index in [1.165, 1.54) is 6.26 Å². The van der Waals surface area contributed by atoms with Crippen LogP contribution in [0.5, 0.6) is 0 Å². The van der Waals surface area contributed by atoms with Crippen LogP contribution in [0.1, 0.15) is 23.0 Å². The molecule has 0 aliphatic rings. The topological polar surface area (TPSA) is 112 Å². The SMILES string of the molecule is CNC(=O)c1ccc(NC(=O)NC(C)C(=O)NCc2ccco2)cc1. The highest BCUT2D eigenvalue weighted by atomic mass is 16.3. The van der Waals surface area contributed by atoms with Gasteiger partial charge in [0, 0.05) is 18.3 Å². The number of anilines is 1. The molecule has 8 nitrogen and oxygen atoms in total. The maximum atomic E-state index is 11.9. The summed E-state index contributed by atoms with van der Waals surface area (Å²) in [5.41, 5.74) is 0.993. The van der Waals surface area contributed by atoms with Gasteiger partial charge in [-0.3, -0.25) is 9.59 Å². The van der Waals surface area contributed by atoms with E-state index in [4.69, 9.17) is 4.42 Å². The van der Waals surface area contributed by atoms with Crippen molar-refractivity contribution in [2.75, 3.05) is 12.4 Å². The van der Waals surface area contributed by atoms with Crippen molar-refractivity contribution < 1.29 is 18.8 Å². The van der Waals surface area contributed by atoms with Crippen molar-refractivity contribution in [1.29, 1.82) is 0 Å². The van der Waals surface area contributed by atoms with Crippen LogP contribution in [0, 0.1) is 0 Å². The van der Waals surface area contributed by atoms with Gasteiger partial charge in [-0.05, 0) is 43.3 Å². The summed E-state index contributed by atoms with van der Waals surface area (Å²) >= 11 is 0. The smallest absolute Gasteiger partial charge is 0.319 e. The van der Waals surface area contributed by atoms with Crippen molar-refractivity contribution in [2.45, 2.75) is 19.5 Å². The summed E-state index contributed by atoms with van der Waals surface area (Å²) in [6, 6.07) is 8.62. The first-order chi connectivity index (χ1) is 12.0. The number of urea groups is 1. The van der Waals surface area contributed by atoms with Gasteiger partial charge in [0.05, 0.1) is 12.8 Å². The molecule has 0 spiro atoms. The zero-order valence-electron chi connectivity index (χ0n) is 14.0. The lowest BCUT2D eigenvalue weighted by molar-refractivity contribution is -0.122. The Morgan fingerprint density at radius 2 is 1.84 bits per heavy atom. The van der Waals surface area contributed by atoms with Gasteiger partial charge in [-0.25, -0.2) is 4.79 Å². The minimum Gasteiger partial charge on any atom is -0.467 e. The van der Waals surface area contributed by atoms with E-state index in [1.54, 1.807) is 50.4 Å². The molecule has 1 unspecified atom stereocenters. The maximum absolute atomic E-state index is 11.9. The van der Waals surface area contributed by atoms with E-state index in [-0.39, 0.29) is 18.4 Å². The first kappa shape index (κ1) is 18.1. The second-order valence-corrected chi connectivity index (χ2v) is 5.27. The zero-order valence-corrected chi connectivity index (χ0v) is 14.0. The fraction of sp³-hybridized carbons (Fsp3) is 0.235. The largest absolute Gasteiger partial charge is 0.467 e. The third kappa shape index (κ3) is 5.38. The summed E-state index contributed by atoms with van der Waals surface area (Å²) in [6.07, 6.45) is 1.52. The van der Waals surface area contributed by atoms with Gasteiger partial charge in [0.25, 0.3) is 5.91 Å². The highest BCUT2D eigenvalue weighted by Gasteiger charge is 2.15. The third-order valence-electron chi connectivity index (χ3n) is 3.39. The Balaban J connectivity index is 1.80. The van der Waals surface area contributed by atoms with Crippen molar-refractivity contribution in [1.82, 2.24) is 16.0 Å². The van der Waals surface area contributed by atoms with Gasteiger partial charge >= 0.3 is 6.03 Å². The van der Waals surface area contributed by atoms with Crippen LogP contribution < -0.4 is 21.3 Å². The molecule has 4 amide bonds. The molecule has 0 bridgehead atoms. The third-order valence-corrected chi connectivity index (χ3v) is 3.39. The lowest BCUT2D eigenvalue weighted by Gasteiger charge is -2.14. The molecular weight excluding hydrogens is 324 g/mol. The molecule has 0 saturated carbocycles. The lowest BCUT2D eigenvalue weighted by atomic mass is 10.2. The first-order valence-electron chi connectivity index (χ1n) is 7.69. The lowest BCUT2D eigenvalue weighted by Crippen LogP contribution is -2.46. The van der Waals surface area contributed by atoms with Crippen LogP contribution >= 0.6 is 0 Å². The molecule has 132 valence electrons. The van der Waals surface area contributed by atoms with Crippen molar-refractivity contribution in [3.05, 3.63) is 54.0 Å². The average molecular weight is 344 g/mol. The molecule has 1 aromatic heterocycles. The molecule has 0 aliphatic carbocycles. The Bertz CT molecular complexity index is 726. The Kier molecular flexibility index (Phi) is 6.16. The Morgan fingerprint density at radius 1 is 1.12 bits per heavy atom. The van der Waals surface area contributed by atoms with Crippen molar-refractivity contribution in [3.63, 3.8) is 0 Å².